The van der Waals surface area contributed by atoms with Crippen LogP contribution in [-0.4, -0.2) is 25.7 Å². The number of nitrogens with one attached hydrogen (secondary N) is 1. The van der Waals surface area contributed by atoms with E-state index in [1.165, 1.54) is 28.8 Å². The highest BCUT2D eigenvalue weighted by molar-refractivity contribution is 5.90. The number of aromatic nitrogens is 2. The number of phenols is 2. The van der Waals surface area contributed by atoms with Crippen LogP contribution in [0.3, 0.4) is 0 Å². The van der Waals surface area contributed by atoms with Crippen LogP contribution < -0.4 is 10.9 Å². The molecule has 2 aromatic heterocycles. The third-order valence-corrected chi connectivity index (χ3v) is 5.35. The van der Waals surface area contributed by atoms with Crippen molar-refractivity contribution in [1.29, 1.82) is 0 Å². The van der Waals surface area contributed by atoms with Gasteiger partial charge >= 0.3 is 0 Å². The van der Waals surface area contributed by atoms with E-state index in [1.807, 2.05) is 6.07 Å². The van der Waals surface area contributed by atoms with Crippen LogP contribution >= 0.6 is 0 Å². The normalized spacial score (nSPS) is 10.8. The topological polar surface area (TPSA) is 104 Å². The molecule has 7 nitrogen and oxygen atoms in total. The number of aromatic hydroxyl groups is 2. The zero-order valence-corrected chi connectivity index (χ0v) is 18.3. The molecule has 2 aromatic carbocycles. The van der Waals surface area contributed by atoms with E-state index in [2.05, 4.69) is 10.3 Å². The third-order valence-electron chi connectivity index (χ3n) is 5.35. The van der Waals surface area contributed by atoms with Crippen molar-refractivity contribution in [2.75, 3.05) is 5.32 Å². The summed E-state index contributed by atoms with van der Waals surface area (Å²) in [5.74, 6) is -1.15. The van der Waals surface area contributed by atoms with E-state index >= 15 is 0 Å². The number of amides is 1. The molecule has 4 aromatic rings. The quantitative estimate of drug-likeness (QED) is 0.368. The summed E-state index contributed by atoms with van der Waals surface area (Å²) >= 11 is 0. The second kappa shape index (κ2) is 9.58. The highest BCUT2D eigenvalue weighted by Gasteiger charge is 2.14. The number of phenolic OH excluding ortho intramolecular Hbond substituents is 2. The Morgan fingerprint density at radius 2 is 1.68 bits per heavy atom. The second-order valence-electron chi connectivity index (χ2n) is 7.72. The van der Waals surface area contributed by atoms with Gasteiger partial charge < -0.3 is 20.1 Å². The molecular weight excluding hydrogens is 437 g/mol. The van der Waals surface area contributed by atoms with Crippen LogP contribution in [0.15, 0.2) is 77.9 Å². The predicted octanol–water partition coefficient (Wildman–Crippen LogP) is 4.52. The SMILES string of the molecule is CCC(=O)Nc1ccc(-c2ccc(F)cc2)n(Cc2cncc(-c3ccc(O)c(O)c3)c2)c1=O. The molecule has 0 spiro atoms. The fourth-order valence-electron chi connectivity index (χ4n) is 3.56. The van der Waals surface area contributed by atoms with E-state index in [4.69, 9.17) is 0 Å². The lowest BCUT2D eigenvalue weighted by Crippen LogP contribution is -2.27. The lowest BCUT2D eigenvalue weighted by Gasteiger charge is -2.16. The third kappa shape index (κ3) is 4.80. The largest absolute Gasteiger partial charge is 0.504 e. The maximum atomic E-state index is 13.5. The minimum atomic E-state index is -0.406. The molecule has 0 unspecified atom stereocenters. The number of anilines is 1. The highest BCUT2D eigenvalue weighted by atomic mass is 19.1. The van der Waals surface area contributed by atoms with Gasteiger partial charge in [-0.1, -0.05) is 13.0 Å². The van der Waals surface area contributed by atoms with Gasteiger partial charge in [0, 0.05) is 24.4 Å². The van der Waals surface area contributed by atoms with E-state index in [1.54, 1.807) is 49.6 Å². The van der Waals surface area contributed by atoms with Crippen molar-refractivity contribution < 1.29 is 19.4 Å². The molecule has 0 fully saturated rings. The Morgan fingerprint density at radius 1 is 0.941 bits per heavy atom. The monoisotopic (exact) mass is 459 g/mol. The van der Waals surface area contributed by atoms with Crippen LogP contribution in [-0.2, 0) is 11.3 Å². The van der Waals surface area contributed by atoms with Crippen molar-refractivity contribution in [2.45, 2.75) is 19.9 Å². The van der Waals surface area contributed by atoms with Crippen LogP contribution in [0, 0.1) is 5.82 Å². The first-order valence-electron chi connectivity index (χ1n) is 10.6. The van der Waals surface area contributed by atoms with Gasteiger partial charge in [-0.25, -0.2) is 4.39 Å². The fourth-order valence-corrected chi connectivity index (χ4v) is 3.56. The molecule has 0 aliphatic heterocycles. The van der Waals surface area contributed by atoms with Crippen LogP contribution in [0.1, 0.15) is 18.9 Å². The summed E-state index contributed by atoms with van der Waals surface area (Å²) in [7, 11) is 0. The molecule has 0 atom stereocenters. The summed E-state index contributed by atoms with van der Waals surface area (Å²) in [6.45, 7) is 1.82. The lowest BCUT2D eigenvalue weighted by molar-refractivity contribution is -0.115. The first-order valence-corrected chi connectivity index (χ1v) is 10.6. The van der Waals surface area contributed by atoms with Crippen molar-refractivity contribution in [3.63, 3.8) is 0 Å². The predicted molar refractivity (Wildman–Crippen MR) is 127 cm³/mol. The number of benzene rings is 2. The van der Waals surface area contributed by atoms with E-state index in [0.29, 0.717) is 27.9 Å². The maximum absolute atomic E-state index is 13.5. The molecule has 172 valence electrons. The summed E-state index contributed by atoms with van der Waals surface area (Å²) in [4.78, 5) is 29.5. The zero-order valence-electron chi connectivity index (χ0n) is 18.3. The molecule has 1 amide bonds. The minimum Gasteiger partial charge on any atom is -0.504 e. The van der Waals surface area contributed by atoms with Gasteiger partial charge in [0.2, 0.25) is 5.91 Å². The lowest BCUT2D eigenvalue weighted by atomic mass is 10.0. The van der Waals surface area contributed by atoms with Gasteiger partial charge in [-0.15, -0.1) is 0 Å². The van der Waals surface area contributed by atoms with Crippen molar-refractivity contribution >= 4 is 11.6 Å². The zero-order chi connectivity index (χ0) is 24.2. The van der Waals surface area contributed by atoms with Gasteiger partial charge in [0.1, 0.15) is 11.5 Å². The number of hydrogen-bond donors (Lipinski definition) is 3. The van der Waals surface area contributed by atoms with Gasteiger partial charge in [0.05, 0.1) is 12.2 Å². The van der Waals surface area contributed by atoms with Gasteiger partial charge in [-0.2, -0.15) is 0 Å². The van der Waals surface area contributed by atoms with Crippen molar-refractivity contribution in [3.05, 3.63) is 94.8 Å². The average molecular weight is 459 g/mol. The molecule has 0 aliphatic carbocycles. The summed E-state index contributed by atoms with van der Waals surface area (Å²) in [6, 6.07) is 15.3. The first kappa shape index (κ1) is 22.7. The van der Waals surface area contributed by atoms with Crippen molar-refractivity contribution in [2.24, 2.45) is 0 Å². The molecule has 0 saturated heterocycles. The Morgan fingerprint density at radius 3 is 2.38 bits per heavy atom. The number of nitrogens with zero attached hydrogens (tertiary/aromatic N) is 2. The smallest absolute Gasteiger partial charge is 0.275 e. The number of carbonyl (C=O) groups is 1. The van der Waals surface area contributed by atoms with Gasteiger partial charge in [0.25, 0.3) is 5.56 Å². The van der Waals surface area contributed by atoms with E-state index < -0.39 is 11.4 Å². The minimum absolute atomic E-state index is 0.131. The van der Waals surface area contributed by atoms with Crippen molar-refractivity contribution in [1.82, 2.24) is 9.55 Å². The summed E-state index contributed by atoms with van der Waals surface area (Å²) < 4.78 is 15.0. The molecular formula is C26H22FN3O4. The molecule has 3 N–H and O–H groups in total. The Hall–Kier alpha value is -4.46. The van der Waals surface area contributed by atoms with Crippen LogP contribution in [0.25, 0.3) is 22.4 Å². The molecule has 8 heteroatoms. The Balaban J connectivity index is 1.78. The number of halogens is 1. The average Bonchev–Trinajstić information content (AvgIpc) is 2.84. The molecule has 0 saturated carbocycles. The Labute approximate surface area is 194 Å². The van der Waals surface area contributed by atoms with E-state index in [0.717, 1.165) is 0 Å². The van der Waals surface area contributed by atoms with Crippen molar-refractivity contribution in [3.8, 4) is 33.9 Å². The number of hydrogen-bond acceptors (Lipinski definition) is 5. The number of carbonyl (C=O) groups excluding carboxylic acids is 1. The maximum Gasteiger partial charge on any atom is 0.275 e. The van der Waals surface area contributed by atoms with Crippen LogP contribution in [0.5, 0.6) is 11.5 Å². The van der Waals surface area contributed by atoms with Gasteiger partial charge in [-0.05, 0) is 71.3 Å². The molecule has 34 heavy (non-hydrogen) atoms. The van der Waals surface area contributed by atoms with Crippen LogP contribution in [0.4, 0.5) is 10.1 Å². The Kier molecular flexibility index (Phi) is 6.40. The Bertz CT molecular complexity index is 1410. The summed E-state index contributed by atoms with van der Waals surface area (Å²) in [6.07, 6.45) is 3.45. The van der Waals surface area contributed by atoms with Gasteiger partial charge in [0.15, 0.2) is 11.5 Å². The second-order valence-corrected chi connectivity index (χ2v) is 7.72. The molecule has 0 radical (unpaired) electrons. The highest BCUT2D eigenvalue weighted by Crippen LogP contribution is 2.30. The fraction of sp³-hybridized carbons (Fsp3) is 0.115. The van der Waals surface area contributed by atoms with E-state index in [9.17, 15) is 24.2 Å². The van der Waals surface area contributed by atoms with Gasteiger partial charge in [-0.3, -0.25) is 14.6 Å². The standard InChI is InChI=1S/C26H22FN3O4/c1-2-25(33)29-21-8-9-22(17-3-6-20(27)7-4-17)30(26(21)34)15-16-11-19(14-28-13-16)18-5-10-23(31)24(32)12-18/h3-14,31-32H,2,15H2,1H3,(H,29,33). The molecule has 4 rings (SSSR count). The molecule has 2 heterocycles. The first-order chi connectivity index (χ1) is 16.4. The summed E-state index contributed by atoms with van der Waals surface area (Å²) in [5.41, 5.74) is 2.93. The number of pyridine rings is 2. The number of rotatable bonds is 6. The van der Waals surface area contributed by atoms with E-state index in [-0.39, 0.29) is 36.1 Å². The molecule has 0 bridgehead atoms. The summed E-state index contributed by atoms with van der Waals surface area (Å²) in [5, 5.41) is 22.0. The van der Waals surface area contributed by atoms with Crippen LogP contribution in [0.2, 0.25) is 0 Å². The molecule has 0 aliphatic rings.